The van der Waals surface area contributed by atoms with Gasteiger partial charge in [-0.3, -0.25) is 4.79 Å². The second-order valence-electron chi connectivity index (χ2n) is 6.33. The van der Waals surface area contributed by atoms with Crippen molar-refractivity contribution in [2.24, 2.45) is 0 Å². The van der Waals surface area contributed by atoms with Gasteiger partial charge in [0.15, 0.2) is 0 Å². The van der Waals surface area contributed by atoms with Crippen molar-refractivity contribution >= 4 is 29.0 Å². The van der Waals surface area contributed by atoms with Crippen molar-refractivity contribution in [2.75, 3.05) is 17.7 Å². The second kappa shape index (κ2) is 5.59. The lowest BCUT2D eigenvalue weighted by atomic mass is 9.87. The monoisotopic (exact) mass is 368 g/mol. The summed E-state index contributed by atoms with van der Waals surface area (Å²) in [7, 11) is 1.63. The lowest BCUT2D eigenvalue weighted by Crippen LogP contribution is -2.40. The third-order valence-electron chi connectivity index (χ3n) is 4.80. The molecule has 0 saturated carbocycles. The number of nitrogens with zero attached hydrogens (tertiary/aromatic N) is 3. The van der Waals surface area contributed by atoms with E-state index in [0.29, 0.717) is 33.2 Å². The zero-order valence-corrected chi connectivity index (χ0v) is 15.0. The fraction of sp³-hybridized carbons (Fsp3) is 0.158. The summed E-state index contributed by atoms with van der Waals surface area (Å²) in [5.41, 5.74) is 7.10. The zero-order chi connectivity index (χ0) is 18.6. The molecule has 1 atom stereocenters. The summed E-state index contributed by atoms with van der Waals surface area (Å²) < 4.78 is 1.51. The van der Waals surface area contributed by atoms with E-state index in [0.717, 1.165) is 0 Å². The van der Waals surface area contributed by atoms with Gasteiger partial charge in [0, 0.05) is 17.6 Å². The Balaban J connectivity index is 1.94. The van der Waals surface area contributed by atoms with Crippen LogP contribution in [-0.2, 0) is 10.4 Å². The molecule has 0 unspecified atom stereocenters. The number of aromatic nitrogens is 2. The SMILES string of the molecule is Cc1nn(-c2ccc(Cl)cc2)c(N)c1[C@]1(O)C(=O)N(C)c2ccccc21. The van der Waals surface area contributed by atoms with Gasteiger partial charge in [-0.05, 0) is 37.3 Å². The summed E-state index contributed by atoms with van der Waals surface area (Å²) in [5, 5.41) is 16.5. The van der Waals surface area contributed by atoms with Crippen molar-refractivity contribution < 1.29 is 9.90 Å². The molecule has 0 spiro atoms. The van der Waals surface area contributed by atoms with E-state index in [2.05, 4.69) is 5.10 Å². The van der Waals surface area contributed by atoms with Gasteiger partial charge in [-0.1, -0.05) is 29.8 Å². The molecule has 0 saturated heterocycles. The molecule has 3 aromatic rings. The van der Waals surface area contributed by atoms with Crippen LogP contribution in [0.5, 0.6) is 0 Å². The summed E-state index contributed by atoms with van der Waals surface area (Å²) in [6.45, 7) is 1.73. The first kappa shape index (κ1) is 16.6. The highest BCUT2D eigenvalue weighted by atomic mass is 35.5. The molecule has 1 aliphatic heterocycles. The van der Waals surface area contributed by atoms with Crippen LogP contribution in [0, 0.1) is 6.92 Å². The van der Waals surface area contributed by atoms with Gasteiger partial charge in [0.05, 0.1) is 22.6 Å². The van der Waals surface area contributed by atoms with Gasteiger partial charge < -0.3 is 15.7 Å². The molecule has 0 aliphatic carbocycles. The molecule has 132 valence electrons. The number of carbonyl (C=O) groups excluding carboxylic acids is 1. The average molecular weight is 369 g/mol. The quantitative estimate of drug-likeness (QED) is 0.728. The first-order valence-corrected chi connectivity index (χ1v) is 8.45. The van der Waals surface area contributed by atoms with Crippen molar-refractivity contribution in [3.63, 3.8) is 0 Å². The van der Waals surface area contributed by atoms with Crippen LogP contribution < -0.4 is 10.6 Å². The van der Waals surface area contributed by atoms with Gasteiger partial charge in [-0.2, -0.15) is 5.10 Å². The van der Waals surface area contributed by atoms with Gasteiger partial charge >= 0.3 is 0 Å². The molecule has 1 aromatic heterocycles. The van der Waals surface area contributed by atoms with E-state index in [9.17, 15) is 9.90 Å². The lowest BCUT2D eigenvalue weighted by molar-refractivity contribution is -0.131. The van der Waals surface area contributed by atoms with Gasteiger partial charge in [-0.15, -0.1) is 0 Å². The molecule has 4 rings (SSSR count). The molecule has 0 radical (unpaired) electrons. The minimum Gasteiger partial charge on any atom is -0.383 e. The van der Waals surface area contributed by atoms with Crippen molar-refractivity contribution in [1.82, 2.24) is 9.78 Å². The molecule has 1 amide bonds. The molecule has 6 nitrogen and oxygen atoms in total. The number of likely N-dealkylation sites (N-methyl/N-ethyl adjacent to an activating group) is 1. The Bertz CT molecular complexity index is 1030. The van der Waals surface area contributed by atoms with Crippen LogP contribution in [0.1, 0.15) is 16.8 Å². The topological polar surface area (TPSA) is 84.4 Å². The van der Waals surface area contributed by atoms with Crippen molar-refractivity contribution in [3.8, 4) is 5.69 Å². The van der Waals surface area contributed by atoms with E-state index in [4.69, 9.17) is 17.3 Å². The summed E-state index contributed by atoms with van der Waals surface area (Å²) in [6.07, 6.45) is 0. The van der Waals surface area contributed by atoms with Crippen molar-refractivity contribution in [2.45, 2.75) is 12.5 Å². The summed E-state index contributed by atoms with van der Waals surface area (Å²) in [5.74, 6) is -0.241. The van der Waals surface area contributed by atoms with Crippen LogP contribution >= 0.6 is 11.6 Å². The Labute approximate surface area is 155 Å². The first-order chi connectivity index (χ1) is 12.4. The molecule has 7 heteroatoms. The van der Waals surface area contributed by atoms with E-state index in [1.807, 2.05) is 6.07 Å². The van der Waals surface area contributed by atoms with Crippen LogP contribution in [0.4, 0.5) is 11.5 Å². The Morgan fingerprint density at radius 2 is 1.81 bits per heavy atom. The number of amides is 1. The molecular formula is C19H17ClN4O2. The second-order valence-corrected chi connectivity index (χ2v) is 6.76. The Hall–Kier alpha value is -2.83. The van der Waals surface area contributed by atoms with Crippen LogP contribution in [0.15, 0.2) is 48.5 Å². The van der Waals surface area contributed by atoms with Crippen LogP contribution in [0.25, 0.3) is 5.69 Å². The summed E-state index contributed by atoms with van der Waals surface area (Å²) in [4.78, 5) is 14.4. The van der Waals surface area contributed by atoms with E-state index >= 15 is 0 Å². The third kappa shape index (κ3) is 2.09. The standard InChI is InChI=1S/C19H17ClN4O2/c1-11-16(17(21)24(22-11)13-9-7-12(20)8-10-13)19(26)14-5-3-4-6-15(14)23(2)18(19)25/h3-10,26H,21H2,1-2H3/t19-/m0/s1. The maximum Gasteiger partial charge on any atom is 0.268 e. The van der Waals surface area contributed by atoms with Crippen LogP contribution in [0.2, 0.25) is 5.02 Å². The van der Waals surface area contributed by atoms with Crippen LogP contribution in [0.3, 0.4) is 0 Å². The maximum absolute atomic E-state index is 12.9. The van der Waals surface area contributed by atoms with Gasteiger partial charge in [0.2, 0.25) is 5.60 Å². The number of aryl methyl sites for hydroxylation is 1. The molecule has 0 bridgehead atoms. The molecule has 26 heavy (non-hydrogen) atoms. The number of nitrogens with two attached hydrogens (primary N) is 1. The average Bonchev–Trinajstić information content (AvgIpc) is 3.04. The smallest absolute Gasteiger partial charge is 0.268 e. The molecule has 2 heterocycles. The fourth-order valence-corrected chi connectivity index (χ4v) is 3.68. The number of nitrogen functional groups attached to an aromatic ring is 1. The number of para-hydroxylation sites is 1. The molecule has 0 fully saturated rings. The van der Waals surface area contributed by atoms with Gasteiger partial charge in [0.25, 0.3) is 5.91 Å². The van der Waals surface area contributed by atoms with E-state index in [1.165, 1.54) is 9.58 Å². The minimum absolute atomic E-state index is 0.214. The highest BCUT2D eigenvalue weighted by Gasteiger charge is 2.52. The highest BCUT2D eigenvalue weighted by Crippen LogP contribution is 2.46. The number of halogens is 1. The predicted molar refractivity (Wildman–Crippen MR) is 101 cm³/mol. The predicted octanol–water partition coefficient (Wildman–Crippen LogP) is 2.63. The van der Waals surface area contributed by atoms with Crippen molar-refractivity contribution in [1.29, 1.82) is 0 Å². The summed E-state index contributed by atoms with van der Waals surface area (Å²) >= 11 is 5.94. The molecule has 3 N–H and O–H groups in total. The third-order valence-corrected chi connectivity index (χ3v) is 5.05. The molecule has 2 aromatic carbocycles. The number of hydrogen-bond donors (Lipinski definition) is 2. The lowest BCUT2D eigenvalue weighted by Gasteiger charge is -2.22. The molecule has 1 aliphatic rings. The summed E-state index contributed by atoms with van der Waals surface area (Å²) in [6, 6.07) is 14.1. The number of fused-ring (bicyclic) bond motifs is 1. The van der Waals surface area contributed by atoms with E-state index < -0.39 is 11.5 Å². The fourth-order valence-electron chi connectivity index (χ4n) is 3.55. The highest BCUT2D eigenvalue weighted by molar-refractivity contribution is 6.30. The normalized spacial score (nSPS) is 19.1. The van der Waals surface area contributed by atoms with Gasteiger partial charge in [-0.25, -0.2) is 4.68 Å². The largest absolute Gasteiger partial charge is 0.383 e. The first-order valence-electron chi connectivity index (χ1n) is 8.07. The van der Waals surface area contributed by atoms with Crippen molar-refractivity contribution in [3.05, 3.63) is 70.4 Å². The van der Waals surface area contributed by atoms with Crippen LogP contribution in [-0.4, -0.2) is 27.8 Å². The van der Waals surface area contributed by atoms with E-state index in [1.54, 1.807) is 56.4 Å². The number of rotatable bonds is 2. The van der Waals surface area contributed by atoms with E-state index in [-0.39, 0.29) is 5.82 Å². The number of aliphatic hydroxyl groups is 1. The Morgan fingerprint density at radius 3 is 2.50 bits per heavy atom. The zero-order valence-electron chi connectivity index (χ0n) is 14.3. The number of hydrogen-bond acceptors (Lipinski definition) is 4. The Morgan fingerprint density at radius 1 is 1.15 bits per heavy atom. The Kier molecular flexibility index (Phi) is 3.57. The minimum atomic E-state index is -1.87. The number of anilines is 2. The molecular weight excluding hydrogens is 352 g/mol. The maximum atomic E-state index is 12.9. The number of carbonyl (C=O) groups is 1. The van der Waals surface area contributed by atoms with Gasteiger partial charge in [0.1, 0.15) is 5.82 Å². The number of benzene rings is 2.